The van der Waals surface area contributed by atoms with Crippen LogP contribution in [0.3, 0.4) is 0 Å². The van der Waals surface area contributed by atoms with Crippen LogP contribution in [0.1, 0.15) is 34.2 Å². The standard InChI is InChI=1S/C27H20F2N2O4/c1-2-35-23(32)11-10-16-6-5-7-17(12-16)25(33)24(26(34)18-13-19(28)15-20(29)14-18)27-30-21-8-3-4-9-22(21)31-27/h3-15,34H,2H2,1H3,(H,30,31). The van der Waals surface area contributed by atoms with E-state index in [9.17, 15) is 23.5 Å². The van der Waals surface area contributed by atoms with E-state index in [1.54, 1.807) is 43.3 Å². The highest BCUT2D eigenvalue weighted by molar-refractivity contribution is 6.33. The first-order valence-corrected chi connectivity index (χ1v) is 10.7. The first-order chi connectivity index (χ1) is 16.9. The number of allylic oxidation sites excluding steroid dienone is 1. The molecule has 8 heteroatoms. The number of rotatable bonds is 7. The third kappa shape index (κ3) is 5.33. The Morgan fingerprint density at radius 2 is 1.74 bits per heavy atom. The van der Waals surface area contributed by atoms with Crippen molar-refractivity contribution in [3.05, 3.63) is 107 Å². The van der Waals surface area contributed by atoms with Crippen molar-refractivity contribution in [2.75, 3.05) is 6.61 Å². The average Bonchev–Trinajstić information content (AvgIpc) is 3.26. The van der Waals surface area contributed by atoms with Gasteiger partial charge in [-0.2, -0.15) is 0 Å². The quantitative estimate of drug-likeness (QED) is 0.155. The predicted molar refractivity (Wildman–Crippen MR) is 128 cm³/mol. The van der Waals surface area contributed by atoms with Gasteiger partial charge in [0.1, 0.15) is 28.8 Å². The van der Waals surface area contributed by atoms with Gasteiger partial charge in [0.05, 0.1) is 17.6 Å². The molecular weight excluding hydrogens is 454 g/mol. The van der Waals surface area contributed by atoms with Crippen molar-refractivity contribution in [2.45, 2.75) is 6.92 Å². The Morgan fingerprint density at radius 3 is 2.46 bits per heavy atom. The second kappa shape index (κ2) is 10.1. The molecule has 0 bridgehead atoms. The van der Waals surface area contributed by atoms with Gasteiger partial charge in [-0.25, -0.2) is 18.6 Å². The third-order valence-corrected chi connectivity index (χ3v) is 5.07. The van der Waals surface area contributed by atoms with Gasteiger partial charge >= 0.3 is 5.97 Å². The number of carbonyl (C=O) groups excluding carboxylic acids is 2. The number of nitrogens with one attached hydrogen (secondary N) is 1. The molecule has 0 spiro atoms. The van der Waals surface area contributed by atoms with E-state index in [1.165, 1.54) is 24.3 Å². The van der Waals surface area contributed by atoms with Crippen molar-refractivity contribution >= 4 is 40.2 Å². The van der Waals surface area contributed by atoms with Gasteiger partial charge in [-0.15, -0.1) is 0 Å². The number of ether oxygens (including phenoxy) is 1. The topological polar surface area (TPSA) is 92.3 Å². The maximum atomic E-state index is 13.9. The van der Waals surface area contributed by atoms with Crippen LogP contribution in [0.15, 0.2) is 72.8 Å². The van der Waals surface area contributed by atoms with Gasteiger partial charge in [-0.1, -0.05) is 30.3 Å². The second-order valence-electron chi connectivity index (χ2n) is 7.52. The van der Waals surface area contributed by atoms with Crippen LogP contribution in [0.25, 0.3) is 28.4 Å². The lowest BCUT2D eigenvalue weighted by atomic mass is 9.97. The number of imidazole rings is 1. The molecule has 4 rings (SSSR count). The highest BCUT2D eigenvalue weighted by Gasteiger charge is 2.24. The molecule has 1 aromatic heterocycles. The molecule has 0 atom stereocenters. The number of aliphatic hydroxyl groups is 1. The number of benzene rings is 3. The lowest BCUT2D eigenvalue weighted by molar-refractivity contribution is -0.137. The molecule has 1 heterocycles. The van der Waals surface area contributed by atoms with E-state index < -0.39 is 29.1 Å². The van der Waals surface area contributed by atoms with Gasteiger partial charge < -0.3 is 14.8 Å². The Hall–Kier alpha value is -4.59. The molecule has 0 aliphatic rings. The number of ketones is 1. The Balaban J connectivity index is 1.83. The summed E-state index contributed by atoms with van der Waals surface area (Å²) in [6.45, 7) is 1.92. The summed E-state index contributed by atoms with van der Waals surface area (Å²) in [6, 6.07) is 15.8. The number of halogens is 2. The molecule has 0 aliphatic heterocycles. The number of para-hydroxylation sites is 2. The van der Waals surface area contributed by atoms with E-state index in [0.29, 0.717) is 22.7 Å². The first kappa shape index (κ1) is 23.6. The van der Waals surface area contributed by atoms with Gasteiger partial charge in [0, 0.05) is 23.3 Å². The third-order valence-electron chi connectivity index (χ3n) is 5.07. The Kier molecular flexibility index (Phi) is 6.82. The van der Waals surface area contributed by atoms with Gasteiger partial charge in [0.2, 0.25) is 5.78 Å². The lowest BCUT2D eigenvalue weighted by Gasteiger charge is -2.10. The maximum absolute atomic E-state index is 13.9. The molecule has 0 unspecified atom stereocenters. The van der Waals surface area contributed by atoms with Crippen LogP contribution in [-0.2, 0) is 9.53 Å². The molecule has 0 fully saturated rings. The minimum atomic E-state index is -0.908. The summed E-state index contributed by atoms with van der Waals surface area (Å²) in [5, 5.41) is 11.0. The minimum absolute atomic E-state index is 0.0332. The molecule has 3 aromatic carbocycles. The van der Waals surface area contributed by atoms with Crippen LogP contribution in [0.4, 0.5) is 8.78 Å². The summed E-state index contributed by atoms with van der Waals surface area (Å²) in [5.41, 5.74) is 1.36. The monoisotopic (exact) mass is 474 g/mol. The van der Waals surface area contributed by atoms with Crippen molar-refractivity contribution in [3.8, 4) is 0 Å². The summed E-state index contributed by atoms with van der Waals surface area (Å²) in [6.07, 6.45) is 2.72. The van der Waals surface area contributed by atoms with E-state index >= 15 is 0 Å². The van der Waals surface area contributed by atoms with Crippen LogP contribution in [0, 0.1) is 11.6 Å². The first-order valence-electron chi connectivity index (χ1n) is 10.7. The summed E-state index contributed by atoms with van der Waals surface area (Å²) < 4.78 is 32.6. The van der Waals surface area contributed by atoms with Crippen LogP contribution < -0.4 is 0 Å². The van der Waals surface area contributed by atoms with E-state index in [0.717, 1.165) is 12.1 Å². The molecule has 35 heavy (non-hydrogen) atoms. The number of aliphatic hydroxyl groups excluding tert-OH is 1. The van der Waals surface area contributed by atoms with E-state index in [2.05, 4.69) is 9.97 Å². The number of H-pyrrole nitrogens is 1. The molecule has 0 saturated heterocycles. The fraction of sp³-hybridized carbons (Fsp3) is 0.0741. The Labute approximate surface area is 199 Å². The van der Waals surface area contributed by atoms with Gasteiger partial charge in [-0.3, -0.25) is 4.79 Å². The number of Topliss-reactive ketones (excluding diaryl/α,β-unsaturated/α-hetero) is 1. The highest BCUT2D eigenvalue weighted by Crippen LogP contribution is 2.29. The number of aromatic nitrogens is 2. The normalized spacial score (nSPS) is 12.1. The number of aromatic amines is 1. The van der Waals surface area contributed by atoms with Crippen molar-refractivity contribution < 1.29 is 28.2 Å². The molecule has 0 saturated carbocycles. The van der Waals surface area contributed by atoms with Crippen LogP contribution >= 0.6 is 0 Å². The van der Waals surface area contributed by atoms with Crippen molar-refractivity contribution in [3.63, 3.8) is 0 Å². The second-order valence-corrected chi connectivity index (χ2v) is 7.52. The van der Waals surface area contributed by atoms with Crippen molar-refractivity contribution in [1.29, 1.82) is 0 Å². The SMILES string of the molecule is CCOC(=O)C=Cc1cccc(C(=O)C(=C(O)c2cc(F)cc(F)c2)c2nc3ccccc3[nH]2)c1. The number of hydrogen-bond donors (Lipinski definition) is 2. The zero-order valence-electron chi connectivity index (χ0n) is 18.6. The molecular formula is C27H20F2N2O4. The minimum Gasteiger partial charge on any atom is -0.506 e. The number of hydrogen-bond acceptors (Lipinski definition) is 5. The molecule has 0 aliphatic carbocycles. The van der Waals surface area contributed by atoms with Gasteiger partial charge in [-0.05, 0) is 48.9 Å². The van der Waals surface area contributed by atoms with E-state index in [4.69, 9.17) is 4.74 Å². The predicted octanol–water partition coefficient (Wildman–Crippen LogP) is 5.73. The van der Waals surface area contributed by atoms with Crippen LogP contribution in [0.2, 0.25) is 0 Å². The summed E-state index contributed by atoms with van der Waals surface area (Å²) in [7, 11) is 0. The highest BCUT2D eigenvalue weighted by atomic mass is 19.1. The van der Waals surface area contributed by atoms with Crippen molar-refractivity contribution in [2.24, 2.45) is 0 Å². The summed E-state index contributed by atoms with van der Waals surface area (Å²) in [5.74, 6) is -3.59. The zero-order valence-corrected chi connectivity index (χ0v) is 18.6. The largest absolute Gasteiger partial charge is 0.506 e. The van der Waals surface area contributed by atoms with E-state index in [1.807, 2.05) is 0 Å². The number of fused-ring (bicyclic) bond motifs is 1. The number of carbonyl (C=O) groups is 2. The molecule has 0 radical (unpaired) electrons. The molecule has 6 nitrogen and oxygen atoms in total. The Morgan fingerprint density at radius 1 is 1.00 bits per heavy atom. The smallest absolute Gasteiger partial charge is 0.330 e. The van der Waals surface area contributed by atoms with Gasteiger partial charge in [0.25, 0.3) is 0 Å². The van der Waals surface area contributed by atoms with Crippen LogP contribution in [-0.4, -0.2) is 33.4 Å². The molecule has 176 valence electrons. The number of nitrogens with zero attached hydrogens (tertiary/aromatic N) is 1. The fourth-order valence-corrected chi connectivity index (χ4v) is 3.52. The average molecular weight is 474 g/mol. The summed E-state index contributed by atoms with van der Waals surface area (Å²) in [4.78, 5) is 32.6. The lowest BCUT2D eigenvalue weighted by Crippen LogP contribution is -2.08. The molecule has 2 N–H and O–H groups in total. The van der Waals surface area contributed by atoms with Crippen LogP contribution in [0.5, 0.6) is 0 Å². The van der Waals surface area contributed by atoms with E-state index in [-0.39, 0.29) is 29.1 Å². The number of esters is 1. The Bertz CT molecular complexity index is 1430. The fourth-order valence-electron chi connectivity index (χ4n) is 3.52. The molecule has 4 aromatic rings. The van der Waals surface area contributed by atoms with Gasteiger partial charge in [0.15, 0.2) is 0 Å². The maximum Gasteiger partial charge on any atom is 0.330 e. The summed E-state index contributed by atoms with van der Waals surface area (Å²) >= 11 is 0. The molecule has 0 amide bonds. The van der Waals surface area contributed by atoms with Crippen molar-refractivity contribution in [1.82, 2.24) is 9.97 Å². The zero-order chi connectivity index (χ0) is 24.9.